The van der Waals surface area contributed by atoms with Crippen LogP contribution in [0.1, 0.15) is 29.1 Å². The molecule has 4 nitrogen and oxygen atoms in total. The smallest absolute Gasteiger partial charge is 0.287 e. The molecule has 0 bridgehead atoms. The molecule has 4 heteroatoms. The van der Waals surface area contributed by atoms with Crippen molar-refractivity contribution < 1.29 is 13.9 Å². The fraction of sp³-hybridized carbons (Fsp3) is 0.167. The summed E-state index contributed by atoms with van der Waals surface area (Å²) in [6, 6.07) is 16.7. The lowest BCUT2D eigenvalue weighted by atomic mass is 10.1. The number of methoxy groups -OCH3 is 1. The van der Waals surface area contributed by atoms with Gasteiger partial charge in [0.25, 0.3) is 5.91 Å². The van der Waals surface area contributed by atoms with Crippen LogP contribution in [0.3, 0.4) is 0 Å². The van der Waals surface area contributed by atoms with E-state index in [0.29, 0.717) is 11.3 Å². The molecule has 0 aliphatic heterocycles. The van der Waals surface area contributed by atoms with Gasteiger partial charge >= 0.3 is 0 Å². The predicted octanol–water partition coefficient (Wildman–Crippen LogP) is 3.93. The Bertz CT molecular complexity index is 774. The molecule has 0 radical (unpaired) electrons. The van der Waals surface area contributed by atoms with Gasteiger partial charge in [-0.1, -0.05) is 36.4 Å². The van der Waals surface area contributed by atoms with Crippen LogP contribution in [0.2, 0.25) is 0 Å². The normalized spacial score (nSPS) is 12.1. The highest BCUT2D eigenvalue weighted by atomic mass is 16.5. The monoisotopic (exact) mass is 295 g/mol. The van der Waals surface area contributed by atoms with Gasteiger partial charge in [0, 0.05) is 10.9 Å². The number of benzene rings is 2. The quantitative estimate of drug-likeness (QED) is 0.793. The number of carbonyl (C=O) groups is 1. The summed E-state index contributed by atoms with van der Waals surface area (Å²) in [7, 11) is 1.62. The summed E-state index contributed by atoms with van der Waals surface area (Å²) in [6.07, 6.45) is 0. The number of fused-ring (bicyclic) bond motifs is 1. The lowest BCUT2D eigenvalue weighted by Gasteiger charge is -2.16. The molecule has 3 rings (SSSR count). The number of hydrogen-bond acceptors (Lipinski definition) is 3. The van der Waals surface area contributed by atoms with E-state index in [1.807, 2.05) is 55.5 Å². The molecule has 0 fully saturated rings. The number of para-hydroxylation sites is 2. The zero-order valence-corrected chi connectivity index (χ0v) is 12.5. The van der Waals surface area contributed by atoms with Crippen molar-refractivity contribution in [2.45, 2.75) is 13.0 Å². The van der Waals surface area contributed by atoms with Crippen LogP contribution in [0.4, 0.5) is 0 Å². The van der Waals surface area contributed by atoms with Crippen LogP contribution in [0, 0.1) is 0 Å². The van der Waals surface area contributed by atoms with E-state index < -0.39 is 0 Å². The number of nitrogens with one attached hydrogen (secondary N) is 1. The van der Waals surface area contributed by atoms with Gasteiger partial charge in [-0.2, -0.15) is 0 Å². The van der Waals surface area contributed by atoms with Gasteiger partial charge in [0.05, 0.1) is 13.2 Å². The topological polar surface area (TPSA) is 51.5 Å². The molecule has 22 heavy (non-hydrogen) atoms. The molecule has 0 saturated carbocycles. The molecule has 112 valence electrons. The van der Waals surface area contributed by atoms with E-state index in [9.17, 15) is 4.79 Å². The van der Waals surface area contributed by atoms with E-state index in [1.165, 1.54) is 0 Å². The third-order valence-corrected chi connectivity index (χ3v) is 3.60. The third kappa shape index (κ3) is 2.68. The average molecular weight is 295 g/mol. The molecule has 0 saturated heterocycles. The number of ether oxygens (including phenoxy) is 1. The second-order valence-electron chi connectivity index (χ2n) is 5.09. The summed E-state index contributed by atoms with van der Waals surface area (Å²) in [6.45, 7) is 1.92. The van der Waals surface area contributed by atoms with E-state index in [0.717, 1.165) is 16.7 Å². The lowest BCUT2D eigenvalue weighted by molar-refractivity contribution is 0.0913. The minimum Gasteiger partial charge on any atom is -0.496 e. The van der Waals surface area contributed by atoms with Crippen LogP contribution in [0.5, 0.6) is 5.75 Å². The third-order valence-electron chi connectivity index (χ3n) is 3.60. The Morgan fingerprint density at radius 2 is 1.86 bits per heavy atom. The summed E-state index contributed by atoms with van der Waals surface area (Å²) >= 11 is 0. The second kappa shape index (κ2) is 5.93. The van der Waals surface area contributed by atoms with Crippen LogP contribution in [0.15, 0.2) is 59.0 Å². The van der Waals surface area contributed by atoms with Crippen molar-refractivity contribution in [1.29, 1.82) is 0 Å². The molecule has 1 amide bonds. The number of carbonyl (C=O) groups excluding carboxylic acids is 1. The van der Waals surface area contributed by atoms with Gasteiger partial charge in [0.1, 0.15) is 11.3 Å². The molecular weight excluding hydrogens is 278 g/mol. The SMILES string of the molecule is COc1ccccc1C(C)NC(=O)c1cc2ccccc2o1. The maximum absolute atomic E-state index is 12.4. The van der Waals surface area contributed by atoms with E-state index in [1.54, 1.807) is 13.2 Å². The molecule has 1 atom stereocenters. The molecule has 0 spiro atoms. The Kier molecular flexibility index (Phi) is 3.83. The molecule has 0 aliphatic rings. The Morgan fingerprint density at radius 1 is 1.14 bits per heavy atom. The van der Waals surface area contributed by atoms with Crippen LogP contribution in [0.25, 0.3) is 11.0 Å². The van der Waals surface area contributed by atoms with Crippen molar-refractivity contribution in [3.63, 3.8) is 0 Å². The average Bonchev–Trinajstić information content (AvgIpc) is 2.99. The summed E-state index contributed by atoms with van der Waals surface area (Å²) in [5, 5.41) is 3.85. The first-order chi connectivity index (χ1) is 10.7. The molecular formula is C18H17NO3. The summed E-state index contributed by atoms with van der Waals surface area (Å²) in [5.74, 6) is 0.817. The standard InChI is InChI=1S/C18H17NO3/c1-12(14-8-4-6-10-16(14)21-2)19-18(20)17-11-13-7-3-5-9-15(13)22-17/h3-12H,1-2H3,(H,19,20). The lowest BCUT2D eigenvalue weighted by Crippen LogP contribution is -2.26. The van der Waals surface area contributed by atoms with E-state index in [4.69, 9.17) is 9.15 Å². The van der Waals surface area contributed by atoms with Crippen LogP contribution >= 0.6 is 0 Å². The maximum Gasteiger partial charge on any atom is 0.287 e. The van der Waals surface area contributed by atoms with Crippen molar-refractivity contribution in [1.82, 2.24) is 5.32 Å². The van der Waals surface area contributed by atoms with Crippen molar-refractivity contribution in [3.05, 3.63) is 65.9 Å². The van der Waals surface area contributed by atoms with E-state index in [-0.39, 0.29) is 11.9 Å². The first-order valence-corrected chi connectivity index (χ1v) is 7.11. The second-order valence-corrected chi connectivity index (χ2v) is 5.09. The van der Waals surface area contributed by atoms with E-state index in [2.05, 4.69) is 5.32 Å². The van der Waals surface area contributed by atoms with Gasteiger partial charge in [-0.05, 0) is 25.1 Å². The first kappa shape index (κ1) is 14.2. The minimum atomic E-state index is -0.241. The molecule has 0 aliphatic carbocycles. The van der Waals surface area contributed by atoms with Gasteiger partial charge in [-0.15, -0.1) is 0 Å². The fourth-order valence-electron chi connectivity index (χ4n) is 2.46. The van der Waals surface area contributed by atoms with Crippen LogP contribution in [-0.4, -0.2) is 13.0 Å². The highest BCUT2D eigenvalue weighted by Crippen LogP contribution is 2.25. The van der Waals surface area contributed by atoms with Crippen LogP contribution < -0.4 is 10.1 Å². The van der Waals surface area contributed by atoms with Crippen molar-refractivity contribution >= 4 is 16.9 Å². The largest absolute Gasteiger partial charge is 0.496 e. The first-order valence-electron chi connectivity index (χ1n) is 7.11. The van der Waals surface area contributed by atoms with Crippen LogP contribution in [-0.2, 0) is 0 Å². The van der Waals surface area contributed by atoms with E-state index >= 15 is 0 Å². The zero-order valence-electron chi connectivity index (χ0n) is 12.5. The summed E-state index contributed by atoms with van der Waals surface area (Å²) < 4.78 is 10.9. The zero-order chi connectivity index (χ0) is 15.5. The molecule has 1 unspecified atom stereocenters. The number of amides is 1. The van der Waals surface area contributed by atoms with Gasteiger partial charge in [-0.25, -0.2) is 0 Å². The van der Waals surface area contributed by atoms with Crippen molar-refractivity contribution in [2.75, 3.05) is 7.11 Å². The Balaban J connectivity index is 1.81. The Morgan fingerprint density at radius 3 is 2.64 bits per heavy atom. The van der Waals surface area contributed by atoms with Gasteiger partial charge < -0.3 is 14.5 Å². The predicted molar refractivity (Wildman–Crippen MR) is 85.1 cm³/mol. The number of furan rings is 1. The molecule has 1 aromatic heterocycles. The van der Waals surface area contributed by atoms with Crippen molar-refractivity contribution in [3.8, 4) is 5.75 Å². The summed E-state index contributed by atoms with van der Waals surface area (Å²) in [5.41, 5.74) is 1.63. The van der Waals surface area contributed by atoms with Crippen molar-refractivity contribution in [2.24, 2.45) is 0 Å². The molecule has 1 N–H and O–H groups in total. The molecule has 1 heterocycles. The van der Waals surface area contributed by atoms with Gasteiger partial charge in [-0.3, -0.25) is 4.79 Å². The Hall–Kier alpha value is -2.75. The molecule has 2 aromatic carbocycles. The molecule has 3 aromatic rings. The Labute approximate surface area is 128 Å². The van der Waals surface area contributed by atoms with Gasteiger partial charge in [0.15, 0.2) is 5.76 Å². The fourth-order valence-corrected chi connectivity index (χ4v) is 2.46. The highest BCUT2D eigenvalue weighted by Gasteiger charge is 2.17. The number of hydrogen-bond donors (Lipinski definition) is 1. The van der Waals surface area contributed by atoms with Gasteiger partial charge in [0.2, 0.25) is 0 Å². The maximum atomic E-state index is 12.4. The highest BCUT2D eigenvalue weighted by molar-refractivity contribution is 5.96. The number of rotatable bonds is 4. The minimum absolute atomic E-state index is 0.183. The summed E-state index contributed by atoms with van der Waals surface area (Å²) in [4.78, 5) is 12.4.